The topological polar surface area (TPSA) is 72.0 Å². The van der Waals surface area contributed by atoms with Gasteiger partial charge in [-0.2, -0.15) is 4.98 Å². The van der Waals surface area contributed by atoms with Crippen LogP contribution in [-0.2, 0) is 6.42 Å². The molecule has 0 aliphatic carbocycles. The van der Waals surface area contributed by atoms with Crippen LogP contribution in [-0.4, -0.2) is 20.2 Å². The normalized spacial score (nSPS) is 10.8. The zero-order valence-electron chi connectivity index (χ0n) is 10.6. The number of hydrogen-bond donors (Lipinski definition) is 1. The Bertz CT molecular complexity index is 789. The van der Waals surface area contributed by atoms with Crippen molar-refractivity contribution in [1.82, 2.24) is 15.1 Å². The molecular formula is C14H9Cl2N3O2. The maximum absolute atomic E-state index is 9.40. The molecule has 1 N–H and O–H groups in total. The van der Waals surface area contributed by atoms with Crippen LogP contribution in [0.2, 0.25) is 10.0 Å². The van der Waals surface area contributed by atoms with E-state index in [4.69, 9.17) is 27.7 Å². The number of pyridine rings is 1. The number of aromatic hydroxyl groups is 1. The van der Waals surface area contributed by atoms with Crippen LogP contribution in [0, 0.1) is 0 Å². The molecule has 2 aromatic heterocycles. The van der Waals surface area contributed by atoms with E-state index in [9.17, 15) is 5.11 Å². The third-order valence-electron chi connectivity index (χ3n) is 2.80. The third kappa shape index (κ3) is 3.15. The van der Waals surface area contributed by atoms with Gasteiger partial charge in [-0.05, 0) is 23.8 Å². The molecule has 0 bridgehead atoms. The van der Waals surface area contributed by atoms with Crippen molar-refractivity contribution in [3.8, 4) is 17.2 Å². The lowest BCUT2D eigenvalue weighted by molar-refractivity contribution is 0.423. The average molecular weight is 322 g/mol. The molecule has 7 heteroatoms. The van der Waals surface area contributed by atoms with Crippen LogP contribution >= 0.6 is 23.2 Å². The quantitative estimate of drug-likeness (QED) is 0.795. The van der Waals surface area contributed by atoms with Crippen LogP contribution in [0.25, 0.3) is 11.5 Å². The Hall–Kier alpha value is -2.11. The average Bonchev–Trinajstić information content (AvgIpc) is 2.91. The van der Waals surface area contributed by atoms with Gasteiger partial charge in [-0.15, -0.1) is 0 Å². The van der Waals surface area contributed by atoms with E-state index >= 15 is 0 Å². The molecule has 106 valence electrons. The van der Waals surface area contributed by atoms with Gasteiger partial charge in [0.1, 0.15) is 5.75 Å². The molecule has 0 unspecified atom stereocenters. The van der Waals surface area contributed by atoms with Gasteiger partial charge >= 0.3 is 0 Å². The predicted molar refractivity (Wildman–Crippen MR) is 78.5 cm³/mol. The van der Waals surface area contributed by atoms with E-state index in [0.29, 0.717) is 33.7 Å². The highest BCUT2D eigenvalue weighted by atomic mass is 35.5. The van der Waals surface area contributed by atoms with Crippen LogP contribution < -0.4 is 0 Å². The molecule has 0 amide bonds. The minimum atomic E-state index is 0.0352. The van der Waals surface area contributed by atoms with Crippen molar-refractivity contribution in [2.75, 3.05) is 0 Å². The maximum Gasteiger partial charge on any atom is 0.259 e. The number of hydrogen-bond acceptors (Lipinski definition) is 5. The molecule has 0 saturated heterocycles. The molecule has 0 fully saturated rings. The van der Waals surface area contributed by atoms with Gasteiger partial charge in [0.15, 0.2) is 5.82 Å². The monoisotopic (exact) mass is 321 g/mol. The second kappa shape index (κ2) is 5.71. The Morgan fingerprint density at radius 1 is 1.14 bits per heavy atom. The standard InChI is InChI=1S/C14H9Cl2N3O2/c15-10-2-1-8(12(16)5-10)4-13-18-14(21-19-13)9-3-11(20)7-17-6-9/h1-3,5-7,20H,4H2. The van der Waals surface area contributed by atoms with Gasteiger partial charge in [0.05, 0.1) is 11.8 Å². The number of benzene rings is 1. The molecule has 0 saturated carbocycles. The summed E-state index contributed by atoms with van der Waals surface area (Å²) in [4.78, 5) is 8.12. The summed E-state index contributed by atoms with van der Waals surface area (Å²) in [5, 5.41) is 14.4. The summed E-state index contributed by atoms with van der Waals surface area (Å²) in [5.41, 5.74) is 1.40. The highest BCUT2D eigenvalue weighted by Gasteiger charge is 2.12. The van der Waals surface area contributed by atoms with Crippen molar-refractivity contribution in [2.24, 2.45) is 0 Å². The Kier molecular flexibility index (Phi) is 3.77. The van der Waals surface area contributed by atoms with Crippen LogP contribution in [0.5, 0.6) is 5.75 Å². The van der Waals surface area contributed by atoms with Gasteiger partial charge in [-0.1, -0.05) is 34.4 Å². The molecule has 5 nitrogen and oxygen atoms in total. The van der Waals surface area contributed by atoms with Gasteiger partial charge in [-0.3, -0.25) is 4.98 Å². The molecule has 3 aromatic rings. The first kappa shape index (κ1) is 13.9. The van der Waals surface area contributed by atoms with E-state index in [0.717, 1.165) is 5.56 Å². The molecule has 0 aliphatic rings. The Balaban J connectivity index is 1.85. The van der Waals surface area contributed by atoms with Gasteiger partial charge in [0.25, 0.3) is 5.89 Å². The second-order valence-corrected chi connectivity index (χ2v) is 5.20. The number of halogens is 2. The number of nitrogens with zero attached hydrogens (tertiary/aromatic N) is 3. The van der Waals surface area contributed by atoms with Crippen LogP contribution in [0.3, 0.4) is 0 Å². The first-order chi connectivity index (χ1) is 10.1. The highest BCUT2D eigenvalue weighted by molar-refractivity contribution is 6.35. The van der Waals surface area contributed by atoms with Crippen molar-refractivity contribution in [2.45, 2.75) is 6.42 Å². The van der Waals surface area contributed by atoms with Crippen LogP contribution in [0.4, 0.5) is 0 Å². The smallest absolute Gasteiger partial charge is 0.259 e. The molecule has 2 heterocycles. The minimum absolute atomic E-state index is 0.0352. The zero-order valence-corrected chi connectivity index (χ0v) is 12.1. The fraction of sp³-hybridized carbons (Fsp3) is 0.0714. The van der Waals surface area contributed by atoms with E-state index in [1.54, 1.807) is 12.1 Å². The van der Waals surface area contributed by atoms with Crippen molar-refractivity contribution in [3.05, 3.63) is 58.1 Å². The van der Waals surface area contributed by atoms with Crippen molar-refractivity contribution in [3.63, 3.8) is 0 Å². The number of aromatic nitrogens is 3. The Morgan fingerprint density at radius 3 is 2.76 bits per heavy atom. The van der Waals surface area contributed by atoms with E-state index in [1.807, 2.05) is 6.07 Å². The summed E-state index contributed by atoms with van der Waals surface area (Å²) in [7, 11) is 0. The van der Waals surface area contributed by atoms with E-state index < -0.39 is 0 Å². The minimum Gasteiger partial charge on any atom is -0.506 e. The van der Waals surface area contributed by atoms with Gasteiger partial charge < -0.3 is 9.63 Å². The van der Waals surface area contributed by atoms with Crippen LogP contribution in [0.15, 0.2) is 41.2 Å². The largest absolute Gasteiger partial charge is 0.506 e. The van der Waals surface area contributed by atoms with E-state index in [-0.39, 0.29) is 5.75 Å². The molecule has 0 aliphatic heterocycles. The molecule has 21 heavy (non-hydrogen) atoms. The second-order valence-electron chi connectivity index (χ2n) is 4.36. The first-order valence-corrected chi connectivity index (χ1v) is 6.78. The summed E-state index contributed by atoms with van der Waals surface area (Å²) < 4.78 is 5.16. The molecule has 1 aromatic carbocycles. The van der Waals surface area contributed by atoms with E-state index in [2.05, 4.69) is 15.1 Å². The van der Waals surface area contributed by atoms with Crippen LogP contribution in [0.1, 0.15) is 11.4 Å². The lowest BCUT2D eigenvalue weighted by Gasteiger charge is -2.00. The Labute approximate surface area is 130 Å². The van der Waals surface area contributed by atoms with Gasteiger partial charge in [-0.25, -0.2) is 0 Å². The van der Waals surface area contributed by atoms with Crippen molar-refractivity contribution < 1.29 is 9.63 Å². The summed E-state index contributed by atoms with van der Waals surface area (Å²) in [6.07, 6.45) is 3.28. The first-order valence-electron chi connectivity index (χ1n) is 6.03. The summed E-state index contributed by atoms with van der Waals surface area (Å²) in [6.45, 7) is 0. The Morgan fingerprint density at radius 2 is 2.00 bits per heavy atom. The lowest BCUT2D eigenvalue weighted by Crippen LogP contribution is -1.92. The maximum atomic E-state index is 9.40. The van der Waals surface area contributed by atoms with Crippen molar-refractivity contribution in [1.29, 1.82) is 0 Å². The molecule has 3 rings (SSSR count). The summed E-state index contributed by atoms with van der Waals surface area (Å²) in [5.74, 6) is 0.809. The van der Waals surface area contributed by atoms with Crippen molar-refractivity contribution >= 4 is 23.2 Å². The fourth-order valence-electron chi connectivity index (χ4n) is 1.82. The lowest BCUT2D eigenvalue weighted by atomic mass is 10.1. The third-order valence-corrected chi connectivity index (χ3v) is 3.39. The molecule has 0 spiro atoms. The SMILES string of the molecule is Oc1cncc(-c2nc(Cc3ccc(Cl)cc3Cl)no2)c1. The zero-order chi connectivity index (χ0) is 14.8. The molecule has 0 radical (unpaired) electrons. The summed E-state index contributed by atoms with van der Waals surface area (Å²) >= 11 is 12.0. The molecule has 0 atom stereocenters. The number of rotatable bonds is 3. The predicted octanol–water partition coefficient (Wildman–Crippen LogP) is 3.73. The van der Waals surface area contributed by atoms with E-state index in [1.165, 1.54) is 18.5 Å². The molecular weight excluding hydrogens is 313 g/mol. The highest BCUT2D eigenvalue weighted by Crippen LogP contribution is 2.24. The fourth-order valence-corrected chi connectivity index (χ4v) is 2.30. The van der Waals surface area contributed by atoms with Gasteiger partial charge in [0.2, 0.25) is 0 Å². The summed E-state index contributed by atoms with van der Waals surface area (Å²) in [6, 6.07) is 6.73. The van der Waals surface area contributed by atoms with Gasteiger partial charge in [0, 0.05) is 22.7 Å².